The molecule has 0 unspecified atom stereocenters. The zero-order valence-corrected chi connectivity index (χ0v) is 7.59. The van der Waals surface area contributed by atoms with Crippen LogP contribution in [-0.4, -0.2) is 36.9 Å². The first-order valence-corrected chi connectivity index (χ1v) is 4.77. The van der Waals surface area contributed by atoms with Gasteiger partial charge in [-0.05, 0) is 32.5 Å². The highest BCUT2D eigenvalue weighted by Gasteiger charge is 2.11. The summed E-state index contributed by atoms with van der Waals surface area (Å²) in [5, 5.41) is 0. The van der Waals surface area contributed by atoms with Gasteiger partial charge >= 0.3 is 0 Å². The van der Waals surface area contributed by atoms with Gasteiger partial charge in [-0.3, -0.25) is 4.79 Å². The Hall–Kier alpha value is -0.410. The van der Waals surface area contributed by atoms with Crippen LogP contribution in [0.4, 0.5) is 0 Å². The predicted molar refractivity (Wildman–Crippen MR) is 49.0 cm³/mol. The van der Waals surface area contributed by atoms with E-state index in [-0.39, 0.29) is 0 Å². The smallest absolute Gasteiger partial charge is 0.135 e. The molecular formula is C9H18N2O. The number of carbonyl (C=O) groups excluding carboxylic acids is 1. The second-order valence-electron chi connectivity index (χ2n) is 3.38. The lowest BCUT2D eigenvalue weighted by Crippen LogP contribution is -2.23. The number of likely N-dealkylation sites (tertiary alicyclic amines) is 1. The number of nitrogens with zero attached hydrogens (tertiary/aromatic N) is 1. The molecule has 0 aromatic rings. The van der Waals surface area contributed by atoms with Crippen LogP contribution in [0.3, 0.4) is 0 Å². The average molecular weight is 170 g/mol. The van der Waals surface area contributed by atoms with Gasteiger partial charge in [0.05, 0.1) is 0 Å². The largest absolute Gasteiger partial charge is 0.330 e. The number of ketones is 1. The first-order valence-electron chi connectivity index (χ1n) is 4.77. The van der Waals surface area contributed by atoms with Crippen molar-refractivity contribution < 1.29 is 4.79 Å². The minimum absolute atomic E-state index is 0.310. The Balaban J connectivity index is 2.03. The molecule has 1 saturated heterocycles. The summed E-state index contributed by atoms with van der Waals surface area (Å²) >= 11 is 0. The lowest BCUT2D eigenvalue weighted by atomic mass is 10.2. The minimum atomic E-state index is 0.310. The van der Waals surface area contributed by atoms with Gasteiger partial charge in [0.15, 0.2) is 0 Å². The number of Topliss-reactive ketones (excluding diaryl/α,β-unsaturated/α-hetero) is 1. The second-order valence-corrected chi connectivity index (χ2v) is 3.38. The zero-order chi connectivity index (χ0) is 8.81. The molecule has 1 rings (SSSR count). The van der Waals surface area contributed by atoms with Crippen molar-refractivity contribution in [1.82, 2.24) is 4.90 Å². The van der Waals surface area contributed by atoms with E-state index in [0.717, 1.165) is 6.54 Å². The van der Waals surface area contributed by atoms with Crippen molar-refractivity contribution in [2.75, 3.05) is 26.2 Å². The summed E-state index contributed by atoms with van der Waals surface area (Å²) in [5.41, 5.74) is 5.28. The molecule has 0 bridgehead atoms. The van der Waals surface area contributed by atoms with Crippen molar-refractivity contribution in [1.29, 1.82) is 0 Å². The van der Waals surface area contributed by atoms with Crippen LogP contribution in [0.15, 0.2) is 0 Å². The van der Waals surface area contributed by atoms with Crippen molar-refractivity contribution in [3.8, 4) is 0 Å². The Bertz CT molecular complexity index is 141. The van der Waals surface area contributed by atoms with E-state index in [0.29, 0.717) is 25.2 Å². The van der Waals surface area contributed by atoms with Gasteiger partial charge < -0.3 is 10.6 Å². The fourth-order valence-electron chi connectivity index (χ4n) is 1.58. The monoisotopic (exact) mass is 170 g/mol. The van der Waals surface area contributed by atoms with Crippen molar-refractivity contribution >= 4 is 5.78 Å². The minimum Gasteiger partial charge on any atom is -0.330 e. The van der Waals surface area contributed by atoms with Gasteiger partial charge in [-0.2, -0.15) is 0 Å². The summed E-state index contributed by atoms with van der Waals surface area (Å²) in [6, 6.07) is 0. The lowest BCUT2D eigenvalue weighted by Gasteiger charge is -2.12. The van der Waals surface area contributed by atoms with Crippen molar-refractivity contribution in [3.05, 3.63) is 0 Å². The van der Waals surface area contributed by atoms with Gasteiger partial charge in [0.2, 0.25) is 0 Å². The topological polar surface area (TPSA) is 46.3 Å². The maximum atomic E-state index is 11.1. The van der Waals surface area contributed by atoms with Gasteiger partial charge in [-0.25, -0.2) is 0 Å². The van der Waals surface area contributed by atoms with E-state index < -0.39 is 0 Å². The van der Waals surface area contributed by atoms with Gasteiger partial charge in [-0.1, -0.05) is 0 Å². The molecule has 0 aromatic heterocycles. The molecule has 1 aliphatic heterocycles. The van der Waals surface area contributed by atoms with Crippen LogP contribution in [0.1, 0.15) is 25.7 Å². The van der Waals surface area contributed by atoms with Gasteiger partial charge in [0.1, 0.15) is 5.78 Å². The highest BCUT2D eigenvalue weighted by molar-refractivity contribution is 5.78. The predicted octanol–water partition coefficient (Wildman–Crippen LogP) is 0.390. The molecular weight excluding hydrogens is 152 g/mol. The van der Waals surface area contributed by atoms with Gasteiger partial charge in [0, 0.05) is 19.4 Å². The Kier molecular flexibility index (Phi) is 4.25. The fraction of sp³-hybridized carbons (Fsp3) is 0.889. The van der Waals surface area contributed by atoms with Crippen molar-refractivity contribution in [2.45, 2.75) is 25.7 Å². The second kappa shape index (κ2) is 5.27. The zero-order valence-electron chi connectivity index (χ0n) is 7.59. The Labute approximate surface area is 73.9 Å². The summed E-state index contributed by atoms with van der Waals surface area (Å²) in [5.74, 6) is 0.310. The number of hydrogen-bond acceptors (Lipinski definition) is 3. The SMILES string of the molecule is NCCC(=O)CCN1CCCC1. The average Bonchev–Trinajstić information content (AvgIpc) is 2.53. The van der Waals surface area contributed by atoms with E-state index in [2.05, 4.69) is 4.90 Å². The molecule has 1 heterocycles. The van der Waals surface area contributed by atoms with Crippen LogP contribution in [0.2, 0.25) is 0 Å². The molecule has 0 spiro atoms. The molecule has 0 radical (unpaired) electrons. The van der Waals surface area contributed by atoms with Crippen LogP contribution < -0.4 is 5.73 Å². The van der Waals surface area contributed by atoms with E-state index in [1.165, 1.54) is 25.9 Å². The normalized spacial score (nSPS) is 18.4. The van der Waals surface area contributed by atoms with Gasteiger partial charge in [0.25, 0.3) is 0 Å². The highest BCUT2D eigenvalue weighted by atomic mass is 16.1. The summed E-state index contributed by atoms with van der Waals surface area (Å²) in [7, 11) is 0. The van der Waals surface area contributed by atoms with E-state index in [9.17, 15) is 4.79 Å². The number of rotatable bonds is 5. The molecule has 12 heavy (non-hydrogen) atoms. The molecule has 0 aromatic carbocycles. The highest BCUT2D eigenvalue weighted by Crippen LogP contribution is 2.07. The molecule has 1 fully saturated rings. The molecule has 70 valence electrons. The summed E-state index contributed by atoms with van der Waals surface area (Å²) in [4.78, 5) is 13.4. The molecule has 0 atom stereocenters. The Morgan fingerprint density at radius 1 is 1.25 bits per heavy atom. The van der Waals surface area contributed by atoms with E-state index in [1.54, 1.807) is 0 Å². The molecule has 0 aliphatic carbocycles. The molecule has 0 amide bonds. The Morgan fingerprint density at radius 2 is 1.92 bits per heavy atom. The maximum absolute atomic E-state index is 11.1. The third-order valence-electron chi connectivity index (χ3n) is 2.33. The molecule has 0 saturated carbocycles. The first-order chi connectivity index (χ1) is 5.83. The van der Waals surface area contributed by atoms with Crippen LogP contribution >= 0.6 is 0 Å². The van der Waals surface area contributed by atoms with Crippen LogP contribution in [-0.2, 0) is 4.79 Å². The molecule has 2 N–H and O–H groups in total. The van der Waals surface area contributed by atoms with Crippen LogP contribution in [0, 0.1) is 0 Å². The fourth-order valence-corrected chi connectivity index (χ4v) is 1.58. The quantitative estimate of drug-likeness (QED) is 0.649. The van der Waals surface area contributed by atoms with Crippen molar-refractivity contribution in [2.24, 2.45) is 5.73 Å². The first kappa shape index (κ1) is 9.68. The number of hydrogen-bond donors (Lipinski definition) is 1. The van der Waals surface area contributed by atoms with Crippen LogP contribution in [0.25, 0.3) is 0 Å². The summed E-state index contributed by atoms with van der Waals surface area (Å²) in [6.45, 7) is 3.80. The molecule has 3 heteroatoms. The molecule has 1 aliphatic rings. The van der Waals surface area contributed by atoms with E-state index >= 15 is 0 Å². The standard InChI is InChI=1S/C9H18N2O/c10-5-3-9(12)4-8-11-6-1-2-7-11/h1-8,10H2. The van der Waals surface area contributed by atoms with Crippen molar-refractivity contribution in [3.63, 3.8) is 0 Å². The number of nitrogens with two attached hydrogens (primary N) is 1. The maximum Gasteiger partial charge on any atom is 0.135 e. The van der Waals surface area contributed by atoms with Gasteiger partial charge in [-0.15, -0.1) is 0 Å². The Morgan fingerprint density at radius 3 is 2.50 bits per heavy atom. The third-order valence-corrected chi connectivity index (χ3v) is 2.33. The number of carbonyl (C=O) groups is 1. The molecule has 3 nitrogen and oxygen atoms in total. The van der Waals surface area contributed by atoms with Crippen LogP contribution in [0.5, 0.6) is 0 Å². The summed E-state index contributed by atoms with van der Waals surface area (Å²) in [6.07, 6.45) is 3.83. The lowest BCUT2D eigenvalue weighted by molar-refractivity contribution is -0.119. The van der Waals surface area contributed by atoms with E-state index in [4.69, 9.17) is 5.73 Å². The summed E-state index contributed by atoms with van der Waals surface area (Å²) < 4.78 is 0. The van der Waals surface area contributed by atoms with E-state index in [1.807, 2.05) is 0 Å². The third kappa shape index (κ3) is 3.32.